The molecule has 2 rings (SSSR count). The Morgan fingerprint density at radius 1 is 1.30 bits per heavy atom. The predicted octanol–water partition coefficient (Wildman–Crippen LogP) is 2.84. The highest BCUT2D eigenvalue weighted by molar-refractivity contribution is 5.94. The first-order valence-corrected chi connectivity index (χ1v) is 6.49. The molecule has 1 aromatic heterocycles. The molecule has 4 heteroatoms. The van der Waals surface area contributed by atoms with Gasteiger partial charge in [0.2, 0.25) is 0 Å². The van der Waals surface area contributed by atoms with Crippen molar-refractivity contribution in [1.82, 2.24) is 9.88 Å². The fourth-order valence-corrected chi connectivity index (χ4v) is 1.88. The number of rotatable bonds is 4. The minimum absolute atomic E-state index is 0.181. The normalized spacial score (nSPS) is 10.3. The van der Waals surface area contributed by atoms with Gasteiger partial charge in [0.05, 0.1) is 0 Å². The summed E-state index contributed by atoms with van der Waals surface area (Å²) in [5.74, 6) is -0.534. The topological polar surface area (TPSA) is 33.2 Å². The van der Waals surface area contributed by atoms with Crippen LogP contribution in [0, 0.1) is 12.7 Å². The molecule has 1 amide bonds. The third-order valence-corrected chi connectivity index (χ3v) is 3.19. The monoisotopic (exact) mass is 272 g/mol. The Labute approximate surface area is 118 Å². The van der Waals surface area contributed by atoms with Crippen LogP contribution in [0.2, 0.25) is 0 Å². The third kappa shape index (κ3) is 3.41. The average molecular weight is 272 g/mol. The molecule has 0 spiro atoms. The second-order valence-electron chi connectivity index (χ2n) is 4.76. The van der Waals surface area contributed by atoms with Crippen LogP contribution < -0.4 is 0 Å². The second kappa shape index (κ2) is 6.28. The lowest BCUT2D eigenvalue weighted by Gasteiger charge is -2.17. The number of aryl methyl sites for hydroxylation is 1. The number of nitrogens with zero attached hydrogens (tertiary/aromatic N) is 2. The summed E-state index contributed by atoms with van der Waals surface area (Å²) in [6.07, 6.45) is 2.41. The van der Waals surface area contributed by atoms with Crippen molar-refractivity contribution in [2.24, 2.45) is 0 Å². The van der Waals surface area contributed by atoms with E-state index in [1.165, 1.54) is 6.07 Å². The van der Waals surface area contributed by atoms with E-state index in [2.05, 4.69) is 4.98 Å². The van der Waals surface area contributed by atoms with E-state index >= 15 is 0 Å². The molecule has 0 aliphatic carbocycles. The zero-order valence-electron chi connectivity index (χ0n) is 11.6. The van der Waals surface area contributed by atoms with Gasteiger partial charge < -0.3 is 4.90 Å². The maximum Gasteiger partial charge on any atom is 0.253 e. The first-order valence-electron chi connectivity index (χ1n) is 6.49. The quantitative estimate of drug-likeness (QED) is 0.857. The highest BCUT2D eigenvalue weighted by Gasteiger charge is 2.13. The number of likely N-dealkylation sites (N-methyl/N-ethyl adjacent to an activating group) is 1. The summed E-state index contributed by atoms with van der Waals surface area (Å²) < 4.78 is 13.5. The van der Waals surface area contributed by atoms with E-state index in [1.54, 1.807) is 37.2 Å². The van der Waals surface area contributed by atoms with E-state index in [1.807, 2.05) is 18.2 Å². The van der Waals surface area contributed by atoms with Gasteiger partial charge in [-0.2, -0.15) is 0 Å². The van der Waals surface area contributed by atoms with Crippen LogP contribution in [0.3, 0.4) is 0 Å². The van der Waals surface area contributed by atoms with E-state index in [0.29, 0.717) is 24.1 Å². The van der Waals surface area contributed by atoms with Crippen LogP contribution in [0.25, 0.3) is 0 Å². The van der Waals surface area contributed by atoms with Crippen molar-refractivity contribution >= 4 is 5.91 Å². The summed E-state index contributed by atoms with van der Waals surface area (Å²) in [6.45, 7) is 2.22. The van der Waals surface area contributed by atoms with Gasteiger partial charge in [0.25, 0.3) is 5.91 Å². The van der Waals surface area contributed by atoms with E-state index in [4.69, 9.17) is 0 Å². The second-order valence-corrected chi connectivity index (χ2v) is 4.76. The smallest absolute Gasteiger partial charge is 0.253 e. The largest absolute Gasteiger partial charge is 0.341 e. The molecule has 1 aromatic carbocycles. The molecule has 0 saturated carbocycles. The Kier molecular flexibility index (Phi) is 4.45. The molecule has 0 bridgehead atoms. The number of pyridine rings is 1. The molecule has 2 aromatic rings. The van der Waals surface area contributed by atoms with E-state index in [-0.39, 0.29) is 11.7 Å². The molecule has 20 heavy (non-hydrogen) atoms. The van der Waals surface area contributed by atoms with Crippen molar-refractivity contribution in [3.63, 3.8) is 0 Å². The van der Waals surface area contributed by atoms with E-state index < -0.39 is 0 Å². The fourth-order valence-electron chi connectivity index (χ4n) is 1.88. The zero-order valence-corrected chi connectivity index (χ0v) is 11.6. The van der Waals surface area contributed by atoms with Crippen LogP contribution >= 0.6 is 0 Å². The molecule has 1 heterocycles. The van der Waals surface area contributed by atoms with Crippen molar-refractivity contribution in [1.29, 1.82) is 0 Å². The summed E-state index contributed by atoms with van der Waals surface area (Å²) in [7, 11) is 1.71. The molecular weight excluding hydrogens is 255 g/mol. The number of aromatic nitrogens is 1. The number of halogens is 1. The third-order valence-electron chi connectivity index (χ3n) is 3.19. The Morgan fingerprint density at radius 3 is 2.75 bits per heavy atom. The number of carbonyl (C=O) groups is 1. The highest BCUT2D eigenvalue weighted by Crippen LogP contribution is 2.11. The summed E-state index contributed by atoms with van der Waals surface area (Å²) in [4.78, 5) is 18.0. The van der Waals surface area contributed by atoms with Gasteiger partial charge >= 0.3 is 0 Å². The van der Waals surface area contributed by atoms with Crippen molar-refractivity contribution in [2.45, 2.75) is 13.3 Å². The predicted molar refractivity (Wildman–Crippen MR) is 76.0 cm³/mol. The van der Waals surface area contributed by atoms with Crippen LogP contribution in [0.1, 0.15) is 21.6 Å². The molecule has 104 valence electrons. The van der Waals surface area contributed by atoms with Crippen molar-refractivity contribution in [3.8, 4) is 0 Å². The number of hydrogen-bond donors (Lipinski definition) is 0. The fraction of sp³-hybridized carbons (Fsp3) is 0.250. The maximum absolute atomic E-state index is 13.5. The van der Waals surface area contributed by atoms with Gasteiger partial charge in [-0.25, -0.2) is 4.39 Å². The summed E-state index contributed by atoms with van der Waals surface area (Å²) in [6, 6.07) is 10.2. The molecule has 0 N–H and O–H groups in total. The van der Waals surface area contributed by atoms with E-state index in [9.17, 15) is 9.18 Å². The summed E-state index contributed by atoms with van der Waals surface area (Å²) in [5.41, 5.74) is 1.84. The molecule has 0 aliphatic heterocycles. The van der Waals surface area contributed by atoms with Crippen LogP contribution in [0.5, 0.6) is 0 Å². The van der Waals surface area contributed by atoms with Gasteiger partial charge in [0.15, 0.2) is 0 Å². The molecule has 0 saturated heterocycles. The first-order chi connectivity index (χ1) is 9.58. The van der Waals surface area contributed by atoms with Crippen LogP contribution in [0.4, 0.5) is 4.39 Å². The molecule has 0 fully saturated rings. The van der Waals surface area contributed by atoms with Gasteiger partial charge in [-0.05, 0) is 36.8 Å². The van der Waals surface area contributed by atoms with Gasteiger partial charge in [-0.3, -0.25) is 9.78 Å². The number of amides is 1. The molecular formula is C16H17FN2O. The van der Waals surface area contributed by atoms with Gasteiger partial charge in [-0.1, -0.05) is 12.1 Å². The van der Waals surface area contributed by atoms with E-state index in [0.717, 1.165) is 5.69 Å². The number of benzene rings is 1. The minimum atomic E-state index is -0.353. The Bertz CT molecular complexity index is 599. The highest BCUT2D eigenvalue weighted by atomic mass is 19.1. The Hall–Kier alpha value is -2.23. The van der Waals surface area contributed by atoms with Crippen molar-refractivity contribution in [2.75, 3.05) is 13.6 Å². The number of carbonyl (C=O) groups excluding carboxylic acids is 1. The molecule has 0 radical (unpaired) electrons. The molecule has 0 unspecified atom stereocenters. The first kappa shape index (κ1) is 14.2. The lowest BCUT2D eigenvalue weighted by Crippen LogP contribution is -2.29. The van der Waals surface area contributed by atoms with Crippen LogP contribution in [0.15, 0.2) is 42.6 Å². The summed E-state index contributed by atoms with van der Waals surface area (Å²) >= 11 is 0. The van der Waals surface area contributed by atoms with Crippen molar-refractivity contribution in [3.05, 3.63) is 65.2 Å². The molecule has 0 atom stereocenters. The van der Waals surface area contributed by atoms with Crippen LogP contribution in [-0.2, 0) is 6.42 Å². The SMILES string of the molecule is Cc1ccc(C(=O)N(C)CCc2ccccn2)cc1F. The van der Waals surface area contributed by atoms with Crippen molar-refractivity contribution < 1.29 is 9.18 Å². The molecule has 3 nitrogen and oxygen atoms in total. The van der Waals surface area contributed by atoms with Gasteiger partial charge in [0.1, 0.15) is 5.82 Å². The van der Waals surface area contributed by atoms with Crippen LogP contribution in [-0.4, -0.2) is 29.4 Å². The Balaban J connectivity index is 1.99. The number of hydrogen-bond acceptors (Lipinski definition) is 2. The standard InChI is InChI=1S/C16H17FN2O/c1-12-6-7-13(11-15(12)17)16(20)19(2)10-8-14-5-3-4-9-18-14/h3-7,9,11H,8,10H2,1-2H3. The Morgan fingerprint density at radius 2 is 2.10 bits per heavy atom. The summed E-state index contributed by atoms with van der Waals surface area (Å²) in [5, 5.41) is 0. The average Bonchev–Trinajstić information content (AvgIpc) is 2.48. The minimum Gasteiger partial charge on any atom is -0.341 e. The zero-order chi connectivity index (χ0) is 14.5. The lowest BCUT2D eigenvalue weighted by molar-refractivity contribution is 0.0796. The van der Waals surface area contributed by atoms with Gasteiger partial charge in [0, 0.05) is 37.5 Å². The lowest BCUT2D eigenvalue weighted by atomic mass is 10.1. The van der Waals surface area contributed by atoms with Gasteiger partial charge in [-0.15, -0.1) is 0 Å². The maximum atomic E-state index is 13.5. The molecule has 0 aliphatic rings.